The Morgan fingerprint density at radius 3 is 2.70 bits per heavy atom. The molecule has 1 aromatic carbocycles. The van der Waals surface area contributed by atoms with E-state index in [0.717, 1.165) is 28.0 Å². The Labute approximate surface area is 117 Å². The molecule has 0 aliphatic rings. The van der Waals surface area contributed by atoms with E-state index in [1.165, 1.54) is 11.9 Å². The van der Waals surface area contributed by atoms with Crippen LogP contribution in [0.5, 0.6) is 0 Å². The number of furan rings is 1. The molecule has 3 rings (SSSR count). The average molecular weight is 267 g/mol. The number of nitrogens with two attached hydrogens (primary N) is 1. The summed E-state index contributed by atoms with van der Waals surface area (Å²) in [6.45, 7) is 6.21. The molecular formula is C16H17N3O. The molecule has 0 radical (unpaired) electrons. The Balaban J connectivity index is 2.23. The molecular weight excluding hydrogens is 250 g/mol. The smallest absolute Gasteiger partial charge is 0.154 e. The number of benzene rings is 1. The fourth-order valence-electron chi connectivity index (χ4n) is 2.45. The molecule has 4 heteroatoms. The van der Waals surface area contributed by atoms with Crippen LogP contribution in [-0.4, -0.2) is 9.97 Å². The SMILES string of the molecule is Cc1ccc2oc(-c3ncnc(N)c3C(C)C)cc2c1. The predicted molar refractivity (Wildman–Crippen MR) is 80.5 cm³/mol. The van der Waals surface area contributed by atoms with Crippen molar-refractivity contribution in [2.45, 2.75) is 26.7 Å². The third kappa shape index (κ3) is 2.03. The summed E-state index contributed by atoms with van der Waals surface area (Å²) in [7, 11) is 0. The third-order valence-corrected chi connectivity index (χ3v) is 3.40. The van der Waals surface area contributed by atoms with Gasteiger partial charge >= 0.3 is 0 Å². The molecule has 102 valence electrons. The average Bonchev–Trinajstić information content (AvgIpc) is 2.80. The molecule has 2 aromatic heterocycles. The number of hydrogen-bond donors (Lipinski definition) is 1. The fourth-order valence-corrected chi connectivity index (χ4v) is 2.45. The van der Waals surface area contributed by atoms with Crippen LogP contribution in [0.15, 0.2) is 35.0 Å². The lowest BCUT2D eigenvalue weighted by Crippen LogP contribution is -2.03. The molecule has 0 aliphatic heterocycles. The van der Waals surface area contributed by atoms with Gasteiger partial charge < -0.3 is 10.2 Å². The van der Waals surface area contributed by atoms with Crippen molar-refractivity contribution >= 4 is 16.8 Å². The van der Waals surface area contributed by atoms with Gasteiger partial charge in [0.15, 0.2) is 5.76 Å². The van der Waals surface area contributed by atoms with Gasteiger partial charge in [-0.05, 0) is 31.0 Å². The minimum atomic E-state index is 0.237. The van der Waals surface area contributed by atoms with E-state index in [0.29, 0.717) is 5.82 Å². The second kappa shape index (κ2) is 4.63. The zero-order chi connectivity index (χ0) is 14.3. The number of aryl methyl sites for hydroxylation is 1. The topological polar surface area (TPSA) is 64.9 Å². The van der Waals surface area contributed by atoms with E-state index in [2.05, 4.69) is 36.8 Å². The third-order valence-electron chi connectivity index (χ3n) is 3.40. The second-order valence-corrected chi connectivity index (χ2v) is 5.33. The molecule has 20 heavy (non-hydrogen) atoms. The normalized spacial score (nSPS) is 11.4. The lowest BCUT2D eigenvalue weighted by Gasteiger charge is -2.11. The minimum Gasteiger partial charge on any atom is -0.454 e. The Hall–Kier alpha value is -2.36. The van der Waals surface area contributed by atoms with Gasteiger partial charge in [0.2, 0.25) is 0 Å². The van der Waals surface area contributed by atoms with Crippen LogP contribution >= 0.6 is 0 Å². The van der Waals surface area contributed by atoms with Gasteiger partial charge in [0.1, 0.15) is 23.4 Å². The quantitative estimate of drug-likeness (QED) is 0.764. The van der Waals surface area contributed by atoms with Gasteiger partial charge in [0.25, 0.3) is 0 Å². The van der Waals surface area contributed by atoms with Gasteiger partial charge in [0, 0.05) is 10.9 Å². The van der Waals surface area contributed by atoms with Crippen LogP contribution in [0.3, 0.4) is 0 Å². The number of nitrogen functional groups attached to an aromatic ring is 1. The van der Waals surface area contributed by atoms with Crippen molar-refractivity contribution in [3.8, 4) is 11.5 Å². The minimum absolute atomic E-state index is 0.237. The van der Waals surface area contributed by atoms with E-state index in [1.54, 1.807) is 0 Å². The summed E-state index contributed by atoms with van der Waals surface area (Å²) in [5.74, 6) is 1.49. The maximum absolute atomic E-state index is 5.99. The molecule has 3 aromatic rings. The first kappa shape index (κ1) is 12.7. The van der Waals surface area contributed by atoms with Crippen molar-refractivity contribution in [3.63, 3.8) is 0 Å². The molecule has 0 aliphatic carbocycles. The lowest BCUT2D eigenvalue weighted by atomic mass is 10.0. The Bertz CT molecular complexity index is 774. The predicted octanol–water partition coefficient (Wildman–Crippen LogP) is 3.90. The highest BCUT2D eigenvalue weighted by molar-refractivity contribution is 5.83. The molecule has 0 saturated carbocycles. The summed E-state index contributed by atoms with van der Waals surface area (Å²) >= 11 is 0. The van der Waals surface area contributed by atoms with Crippen molar-refractivity contribution in [1.29, 1.82) is 0 Å². The molecule has 0 unspecified atom stereocenters. The Morgan fingerprint density at radius 1 is 1.15 bits per heavy atom. The molecule has 4 nitrogen and oxygen atoms in total. The van der Waals surface area contributed by atoms with E-state index in [1.807, 2.05) is 18.2 Å². The van der Waals surface area contributed by atoms with Gasteiger partial charge in [-0.15, -0.1) is 0 Å². The van der Waals surface area contributed by atoms with Crippen LogP contribution < -0.4 is 5.73 Å². The number of fused-ring (bicyclic) bond motifs is 1. The Morgan fingerprint density at radius 2 is 1.95 bits per heavy atom. The summed E-state index contributed by atoms with van der Waals surface area (Å²) in [5.41, 5.74) is 9.76. The zero-order valence-electron chi connectivity index (χ0n) is 11.8. The lowest BCUT2D eigenvalue weighted by molar-refractivity contribution is 0.625. The van der Waals surface area contributed by atoms with Gasteiger partial charge in [-0.25, -0.2) is 9.97 Å². The molecule has 0 spiro atoms. The monoisotopic (exact) mass is 267 g/mol. The molecule has 2 heterocycles. The highest BCUT2D eigenvalue weighted by Gasteiger charge is 2.17. The van der Waals surface area contributed by atoms with Gasteiger partial charge in [-0.3, -0.25) is 0 Å². The van der Waals surface area contributed by atoms with E-state index >= 15 is 0 Å². The number of anilines is 1. The first-order valence-electron chi connectivity index (χ1n) is 6.67. The van der Waals surface area contributed by atoms with E-state index in [-0.39, 0.29) is 5.92 Å². The van der Waals surface area contributed by atoms with E-state index in [4.69, 9.17) is 10.2 Å². The number of nitrogens with zero attached hydrogens (tertiary/aromatic N) is 2. The second-order valence-electron chi connectivity index (χ2n) is 5.33. The van der Waals surface area contributed by atoms with Crippen molar-refractivity contribution < 1.29 is 4.42 Å². The van der Waals surface area contributed by atoms with Crippen LogP contribution in [0.2, 0.25) is 0 Å². The summed E-state index contributed by atoms with van der Waals surface area (Å²) in [6.07, 6.45) is 1.48. The molecule has 0 saturated heterocycles. The van der Waals surface area contributed by atoms with Crippen LogP contribution in [0.25, 0.3) is 22.4 Å². The number of hydrogen-bond acceptors (Lipinski definition) is 4. The Kier molecular flexibility index (Phi) is 2.93. The van der Waals surface area contributed by atoms with Crippen LogP contribution in [0.1, 0.15) is 30.9 Å². The van der Waals surface area contributed by atoms with Gasteiger partial charge in [-0.1, -0.05) is 25.5 Å². The van der Waals surface area contributed by atoms with Crippen LogP contribution in [-0.2, 0) is 0 Å². The highest BCUT2D eigenvalue weighted by Crippen LogP contribution is 2.34. The van der Waals surface area contributed by atoms with Crippen molar-refractivity contribution in [2.75, 3.05) is 5.73 Å². The van der Waals surface area contributed by atoms with Crippen LogP contribution in [0.4, 0.5) is 5.82 Å². The fraction of sp³-hybridized carbons (Fsp3) is 0.250. The van der Waals surface area contributed by atoms with Crippen molar-refractivity contribution in [2.24, 2.45) is 0 Å². The summed E-state index contributed by atoms with van der Waals surface area (Å²) < 4.78 is 5.91. The summed E-state index contributed by atoms with van der Waals surface area (Å²) in [6, 6.07) is 8.12. The van der Waals surface area contributed by atoms with Gasteiger partial charge in [-0.2, -0.15) is 0 Å². The first-order valence-corrected chi connectivity index (χ1v) is 6.67. The molecule has 0 fully saturated rings. The maximum Gasteiger partial charge on any atom is 0.154 e. The molecule has 0 bridgehead atoms. The summed E-state index contributed by atoms with van der Waals surface area (Å²) in [4.78, 5) is 8.44. The molecule has 0 atom stereocenters. The molecule has 0 amide bonds. The number of aromatic nitrogens is 2. The maximum atomic E-state index is 5.99. The van der Waals surface area contributed by atoms with Crippen LogP contribution in [0, 0.1) is 6.92 Å². The summed E-state index contributed by atoms with van der Waals surface area (Å²) in [5, 5.41) is 1.08. The largest absolute Gasteiger partial charge is 0.454 e. The standard InChI is InChI=1S/C16H17N3O/c1-9(2)14-15(18-8-19-16(14)17)13-7-11-6-10(3)4-5-12(11)20-13/h4-9H,1-3H3,(H2,17,18,19). The van der Waals surface area contributed by atoms with E-state index < -0.39 is 0 Å². The first-order chi connectivity index (χ1) is 9.56. The number of rotatable bonds is 2. The van der Waals surface area contributed by atoms with E-state index in [9.17, 15) is 0 Å². The van der Waals surface area contributed by atoms with Gasteiger partial charge in [0.05, 0.1) is 0 Å². The van der Waals surface area contributed by atoms with Crippen molar-refractivity contribution in [1.82, 2.24) is 9.97 Å². The highest BCUT2D eigenvalue weighted by atomic mass is 16.3. The molecule has 2 N–H and O–H groups in total. The zero-order valence-corrected chi connectivity index (χ0v) is 11.8. The van der Waals surface area contributed by atoms with Crippen molar-refractivity contribution in [3.05, 3.63) is 41.7 Å².